The lowest BCUT2D eigenvalue weighted by Gasteiger charge is -2.14. The number of rotatable bonds is 3. The van der Waals surface area contributed by atoms with Crippen LogP contribution in [-0.2, 0) is 15.8 Å². The Labute approximate surface area is 107 Å². The second-order valence-corrected chi connectivity index (χ2v) is 3.69. The Balaban J connectivity index is 3.17. The van der Waals surface area contributed by atoms with Gasteiger partial charge in [0.15, 0.2) is 0 Å². The third-order valence-corrected chi connectivity index (χ3v) is 2.12. The third-order valence-electron chi connectivity index (χ3n) is 2.12. The molecule has 0 heterocycles. The van der Waals surface area contributed by atoms with Gasteiger partial charge in [0.25, 0.3) is 0 Å². The van der Waals surface area contributed by atoms with E-state index in [0.717, 1.165) is 18.2 Å². The predicted molar refractivity (Wildman–Crippen MR) is 63.4 cm³/mol. The lowest BCUT2D eigenvalue weighted by Crippen LogP contribution is -2.23. The molecule has 0 bridgehead atoms. The number of hydrogen-bond donors (Lipinski definition) is 3. The molecule has 0 spiro atoms. The Morgan fingerprint density at radius 3 is 2.32 bits per heavy atom. The summed E-state index contributed by atoms with van der Waals surface area (Å²) in [6.07, 6.45) is -4.54. The second kappa shape index (κ2) is 5.70. The number of benzene rings is 1. The number of halogens is 3. The highest BCUT2D eigenvalue weighted by molar-refractivity contribution is 5.99. The number of anilines is 2. The molecule has 2 amide bonds. The Morgan fingerprint density at radius 1 is 1.21 bits per heavy atom. The van der Waals surface area contributed by atoms with Gasteiger partial charge in [0.1, 0.15) is 0 Å². The van der Waals surface area contributed by atoms with Gasteiger partial charge in [0.2, 0.25) is 11.8 Å². The minimum Gasteiger partial charge on any atom is -0.325 e. The summed E-state index contributed by atoms with van der Waals surface area (Å²) in [7, 11) is 0. The zero-order valence-corrected chi connectivity index (χ0v) is 9.97. The fraction of sp³-hybridized carbons (Fsp3) is 0.273. The standard InChI is InChI=1S/C11H12F3N3O2/c1-6(18)16-8-3-2-7(11(12,13)14)4-9(8)17-10(19)5-15/h2-4H,5,15H2,1H3,(H,16,18)(H,17,19). The first-order valence-electron chi connectivity index (χ1n) is 5.23. The summed E-state index contributed by atoms with van der Waals surface area (Å²) in [5.41, 5.74) is 4.06. The van der Waals surface area contributed by atoms with Gasteiger partial charge in [-0.25, -0.2) is 0 Å². The van der Waals surface area contributed by atoms with Crippen LogP contribution in [0.15, 0.2) is 18.2 Å². The Kier molecular flexibility index (Phi) is 4.49. The van der Waals surface area contributed by atoms with Crippen LogP contribution in [0.5, 0.6) is 0 Å². The van der Waals surface area contributed by atoms with Gasteiger partial charge in [0, 0.05) is 6.92 Å². The van der Waals surface area contributed by atoms with Gasteiger partial charge in [-0.05, 0) is 18.2 Å². The number of nitrogens with one attached hydrogen (secondary N) is 2. The summed E-state index contributed by atoms with van der Waals surface area (Å²) in [5, 5.41) is 4.52. The third kappa shape index (κ3) is 4.25. The summed E-state index contributed by atoms with van der Waals surface area (Å²) in [6, 6.07) is 2.61. The van der Waals surface area contributed by atoms with Crippen molar-refractivity contribution in [2.24, 2.45) is 5.73 Å². The molecule has 0 aromatic heterocycles. The van der Waals surface area contributed by atoms with E-state index in [2.05, 4.69) is 10.6 Å². The van der Waals surface area contributed by atoms with Crippen molar-refractivity contribution in [3.63, 3.8) is 0 Å². The van der Waals surface area contributed by atoms with Crippen molar-refractivity contribution in [2.75, 3.05) is 17.2 Å². The lowest BCUT2D eigenvalue weighted by molar-refractivity contribution is -0.137. The molecular formula is C11H12F3N3O2. The van der Waals surface area contributed by atoms with Crippen molar-refractivity contribution in [2.45, 2.75) is 13.1 Å². The topological polar surface area (TPSA) is 84.2 Å². The molecule has 0 aliphatic rings. The van der Waals surface area contributed by atoms with E-state index in [9.17, 15) is 22.8 Å². The van der Waals surface area contributed by atoms with E-state index in [-0.39, 0.29) is 17.9 Å². The smallest absolute Gasteiger partial charge is 0.325 e. The molecule has 0 aliphatic heterocycles. The molecule has 0 aliphatic carbocycles. The van der Waals surface area contributed by atoms with Gasteiger partial charge in [0.05, 0.1) is 23.5 Å². The molecule has 0 fully saturated rings. The van der Waals surface area contributed by atoms with Crippen molar-refractivity contribution < 1.29 is 22.8 Å². The van der Waals surface area contributed by atoms with Crippen LogP contribution in [-0.4, -0.2) is 18.4 Å². The maximum atomic E-state index is 12.6. The fourth-order valence-corrected chi connectivity index (χ4v) is 1.32. The van der Waals surface area contributed by atoms with Gasteiger partial charge >= 0.3 is 6.18 Å². The first kappa shape index (κ1) is 15.0. The van der Waals surface area contributed by atoms with E-state index in [4.69, 9.17) is 5.73 Å². The van der Waals surface area contributed by atoms with Crippen LogP contribution in [0.3, 0.4) is 0 Å². The first-order valence-corrected chi connectivity index (χ1v) is 5.23. The van der Waals surface area contributed by atoms with E-state index in [1.807, 2.05) is 0 Å². The molecular weight excluding hydrogens is 263 g/mol. The molecule has 0 atom stereocenters. The summed E-state index contributed by atoms with van der Waals surface area (Å²) in [6.45, 7) is 0.821. The predicted octanol–water partition coefficient (Wildman–Crippen LogP) is 1.56. The van der Waals surface area contributed by atoms with Gasteiger partial charge in [-0.2, -0.15) is 13.2 Å². The minimum absolute atomic E-state index is 0.0716. The number of nitrogens with two attached hydrogens (primary N) is 1. The molecule has 1 aromatic carbocycles. The minimum atomic E-state index is -4.54. The number of hydrogen-bond acceptors (Lipinski definition) is 3. The van der Waals surface area contributed by atoms with Gasteiger partial charge in [-0.1, -0.05) is 0 Å². The van der Waals surface area contributed by atoms with Crippen molar-refractivity contribution in [3.8, 4) is 0 Å². The Bertz CT molecular complexity index is 500. The fourth-order valence-electron chi connectivity index (χ4n) is 1.32. The average molecular weight is 275 g/mol. The van der Waals surface area contributed by atoms with Gasteiger partial charge in [-0.15, -0.1) is 0 Å². The largest absolute Gasteiger partial charge is 0.416 e. The van der Waals surface area contributed by atoms with Crippen LogP contribution >= 0.6 is 0 Å². The number of amides is 2. The number of carbonyl (C=O) groups excluding carboxylic acids is 2. The number of carbonyl (C=O) groups is 2. The first-order chi connectivity index (χ1) is 8.74. The maximum Gasteiger partial charge on any atom is 0.416 e. The van der Waals surface area contributed by atoms with Crippen molar-refractivity contribution in [1.82, 2.24) is 0 Å². The molecule has 0 saturated carbocycles. The van der Waals surface area contributed by atoms with Crippen molar-refractivity contribution in [1.29, 1.82) is 0 Å². The van der Waals surface area contributed by atoms with Gasteiger partial charge < -0.3 is 16.4 Å². The maximum absolute atomic E-state index is 12.6. The van der Waals surface area contributed by atoms with Crippen LogP contribution < -0.4 is 16.4 Å². The molecule has 0 unspecified atom stereocenters. The summed E-state index contributed by atoms with van der Waals surface area (Å²) >= 11 is 0. The van der Waals surface area contributed by atoms with Crippen LogP contribution in [0, 0.1) is 0 Å². The highest BCUT2D eigenvalue weighted by Crippen LogP contribution is 2.34. The molecule has 0 saturated heterocycles. The van der Waals surface area contributed by atoms with E-state index in [1.165, 1.54) is 6.92 Å². The molecule has 19 heavy (non-hydrogen) atoms. The average Bonchev–Trinajstić information content (AvgIpc) is 2.29. The zero-order chi connectivity index (χ0) is 14.6. The van der Waals surface area contributed by atoms with Crippen LogP contribution in [0.2, 0.25) is 0 Å². The molecule has 104 valence electrons. The molecule has 5 nitrogen and oxygen atoms in total. The van der Waals surface area contributed by atoms with Crippen LogP contribution in [0.4, 0.5) is 24.5 Å². The van der Waals surface area contributed by atoms with E-state index in [0.29, 0.717) is 0 Å². The second-order valence-electron chi connectivity index (χ2n) is 3.69. The molecule has 8 heteroatoms. The van der Waals surface area contributed by atoms with E-state index in [1.54, 1.807) is 0 Å². The summed E-state index contributed by atoms with van der Waals surface area (Å²) in [5.74, 6) is -1.13. The molecule has 0 radical (unpaired) electrons. The Hall–Kier alpha value is -2.09. The van der Waals surface area contributed by atoms with Crippen molar-refractivity contribution >= 4 is 23.2 Å². The Morgan fingerprint density at radius 2 is 1.84 bits per heavy atom. The van der Waals surface area contributed by atoms with Crippen molar-refractivity contribution in [3.05, 3.63) is 23.8 Å². The highest BCUT2D eigenvalue weighted by Gasteiger charge is 2.31. The quantitative estimate of drug-likeness (QED) is 0.782. The molecule has 1 rings (SSSR count). The van der Waals surface area contributed by atoms with Crippen LogP contribution in [0.25, 0.3) is 0 Å². The highest BCUT2D eigenvalue weighted by atomic mass is 19.4. The zero-order valence-electron chi connectivity index (χ0n) is 9.97. The molecule has 1 aromatic rings. The number of alkyl halides is 3. The van der Waals surface area contributed by atoms with E-state index < -0.39 is 23.6 Å². The SMILES string of the molecule is CC(=O)Nc1ccc(C(F)(F)F)cc1NC(=O)CN. The van der Waals surface area contributed by atoms with Crippen LogP contribution in [0.1, 0.15) is 12.5 Å². The van der Waals surface area contributed by atoms with Gasteiger partial charge in [-0.3, -0.25) is 9.59 Å². The summed E-state index contributed by atoms with van der Waals surface area (Å²) < 4.78 is 37.7. The van der Waals surface area contributed by atoms with E-state index >= 15 is 0 Å². The lowest BCUT2D eigenvalue weighted by atomic mass is 10.1. The normalized spacial score (nSPS) is 11.0. The summed E-state index contributed by atoms with van der Waals surface area (Å²) in [4.78, 5) is 22.1. The monoisotopic (exact) mass is 275 g/mol. The molecule has 4 N–H and O–H groups in total.